The number of halogens is 1. The molecule has 0 unspecified atom stereocenters. The zero-order chi connectivity index (χ0) is 9.90. The molecule has 0 bridgehead atoms. The third-order valence-electron chi connectivity index (χ3n) is 1.45. The van der Waals surface area contributed by atoms with Crippen LogP contribution in [0.5, 0.6) is 0 Å². The summed E-state index contributed by atoms with van der Waals surface area (Å²) in [5.74, 6) is -0.487. The first-order chi connectivity index (χ1) is 6.03. The number of hydrogen-bond donors (Lipinski definition) is 1. The van der Waals surface area contributed by atoms with Gasteiger partial charge in [0.1, 0.15) is 0 Å². The molecule has 0 atom stereocenters. The lowest BCUT2D eigenvalue weighted by molar-refractivity contribution is 0.265. The van der Waals surface area contributed by atoms with E-state index in [1.807, 2.05) is 13.8 Å². The molecule has 13 heavy (non-hydrogen) atoms. The van der Waals surface area contributed by atoms with E-state index in [0.29, 0.717) is 5.03 Å². The summed E-state index contributed by atoms with van der Waals surface area (Å²) >= 11 is 1.36. The molecule has 0 fully saturated rings. The van der Waals surface area contributed by atoms with Gasteiger partial charge in [0.2, 0.25) is 5.95 Å². The minimum absolute atomic E-state index is 0.0376. The summed E-state index contributed by atoms with van der Waals surface area (Å²) in [6.07, 6.45) is 0. The van der Waals surface area contributed by atoms with Crippen LogP contribution < -0.4 is 0 Å². The second-order valence-electron chi connectivity index (χ2n) is 3.32. The summed E-state index contributed by atoms with van der Waals surface area (Å²) < 4.78 is 12.3. The summed E-state index contributed by atoms with van der Waals surface area (Å²) in [6, 6.07) is 4.64. The lowest BCUT2D eigenvalue weighted by atomic mass is 10.2. The Balaban J connectivity index is 2.74. The fourth-order valence-corrected chi connectivity index (χ4v) is 1.67. The fraction of sp³-hybridized carbons (Fsp3) is 0.444. The molecule has 4 heteroatoms. The summed E-state index contributed by atoms with van der Waals surface area (Å²) in [5.41, 5.74) is 0. The number of aromatic nitrogens is 1. The number of thioether (sulfide) groups is 1. The molecule has 0 amide bonds. The molecule has 2 nitrogen and oxygen atoms in total. The summed E-state index contributed by atoms with van der Waals surface area (Å²) in [6.45, 7) is 3.80. The van der Waals surface area contributed by atoms with E-state index in [4.69, 9.17) is 5.11 Å². The summed E-state index contributed by atoms with van der Waals surface area (Å²) in [4.78, 5) is 3.69. The van der Waals surface area contributed by atoms with E-state index in [0.717, 1.165) is 0 Å². The van der Waals surface area contributed by atoms with Crippen LogP contribution in [0.3, 0.4) is 0 Å². The second kappa shape index (κ2) is 4.07. The van der Waals surface area contributed by atoms with Crippen molar-refractivity contribution in [2.75, 3.05) is 6.61 Å². The van der Waals surface area contributed by atoms with Crippen LogP contribution in [-0.4, -0.2) is 21.4 Å². The third-order valence-corrected chi connectivity index (χ3v) is 2.57. The topological polar surface area (TPSA) is 33.1 Å². The van der Waals surface area contributed by atoms with Gasteiger partial charge in [0.05, 0.1) is 11.6 Å². The number of aliphatic hydroxyl groups is 1. The van der Waals surface area contributed by atoms with Crippen LogP contribution in [0.25, 0.3) is 0 Å². The van der Waals surface area contributed by atoms with E-state index < -0.39 is 5.95 Å². The monoisotopic (exact) mass is 201 g/mol. The van der Waals surface area contributed by atoms with Gasteiger partial charge in [-0.1, -0.05) is 17.8 Å². The maximum Gasteiger partial charge on any atom is 0.213 e. The van der Waals surface area contributed by atoms with E-state index in [-0.39, 0.29) is 11.4 Å². The molecule has 0 spiro atoms. The Morgan fingerprint density at radius 3 is 2.77 bits per heavy atom. The Morgan fingerprint density at radius 2 is 2.23 bits per heavy atom. The minimum atomic E-state index is -0.487. The average Bonchev–Trinajstić information content (AvgIpc) is 2.03. The molecule has 0 aliphatic carbocycles. The van der Waals surface area contributed by atoms with Crippen molar-refractivity contribution in [1.82, 2.24) is 4.98 Å². The number of hydrogen-bond acceptors (Lipinski definition) is 3. The van der Waals surface area contributed by atoms with Crippen molar-refractivity contribution in [2.24, 2.45) is 0 Å². The van der Waals surface area contributed by atoms with Crippen LogP contribution in [0.15, 0.2) is 23.2 Å². The molecule has 1 heterocycles. The molecule has 1 rings (SSSR count). The van der Waals surface area contributed by atoms with Gasteiger partial charge in [-0.25, -0.2) is 4.98 Å². The summed E-state index contributed by atoms with van der Waals surface area (Å²) in [7, 11) is 0. The van der Waals surface area contributed by atoms with E-state index >= 15 is 0 Å². The predicted octanol–water partition coefficient (Wildman–Crippen LogP) is 2.08. The van der Waals surface area contributed by atoms with Gasteiger partial charge < -0.3 is 5.11 Å². The first-order valence-corrected chi connectivity index (χ1v) is 4.77. The van der Waals surface area contributed by atoms with Crippen LogP contribution in [0.1, 0.15) is 13.8 Å². The largest absolute Gasteiger partial charge is 0.395 e. The Bertz CT molecular complexity index is 291. The van der Waals surface area contributed by atoms with Gasteiger partial charge in [0.15, 0.2) is 0 Å². The van der Waals surface area contributed by atoms with Crippen molar-refractivity contribution in [3.63, 3.8) is 0 Å². The maximum atomic E-state index is 12.7. The zero-order valence-electron chi connectivity index (χ0n) is 7.62. The number of aliphatic hydroxyl groups excluding tert-OH is 1. The van der Waals surface area contributed by atoms with Crippen LogP contribution in [0.4, 0.5) is 4.39 Å². The van der Waals surface area contributed by atoms with Crippen molar-refractivity contribution < 1.29 is 9.50 Å². The van der Waals surface area contributed by atoms with E-state index in [1.165, 1.54) is 17.8 Å². The van der Waals surface area contributed by atoms with Crippen molar-refractivity contribution in [1.29, 1.82) is 0 Å². The van der Waals surface area contributed by atoms with Crippen molar-refractivity contribution in [3.05, 3.63) is 24.1 Å². The van der Waals surface area contributed by atoms with Gasteiger partial charge in [-0.2, -0.15) is 4.39 Å². The normalized spacial score (nSPS) is 11.7. The Labute approximate surface area is 81.2 Å². The number of rotatable bonds is 3. The molecular weight excluding hydrogens is 189 g/mol. The Morgan fingerprint density at radius 1 is 1.54 bits per heavy atom. The molecule has 72 valence electrons. The molecule has 0 aliphatic heterocycles. The van der Waals surface area contributed by atoms with Crippen LogP contribution >= 0.6 is 11.8 Å². The molecule has 1 aromatic heterocycles. The SMILES string of the molecule is CC(C)(CO)Sc1cccc(F)n1. The molecule has 1 aromatic rings. The highest BCUT2D eigenvalue weighted by Crippen LogP contribution is 2.30. The standard InChI is InChI=1S/C9H12FNOS/c1-9(2,6-12)13-8-5-3-4-7(10)11-8/h3-5,12H,6H2,1-2H3. The second-order valence-corrected chi connectivity index (χ2v) is 5.05. The fourth-order valence-electron chi connectivity index (χ4n) is 0.762. The van der Waals surface area contributed by atoms with Gasteiger partial charge >= 0.3 is 0 Å². The van der Waals surface area contributed by atoms with E-state index in [1.54, 1.807) is 12.1 Å². The highest BCUT2D eigenvalue weighted by Gasteiger charge is 2.18. The maximum absolute atomic E-state index is 12.7. The van der Waals surface area contributed by atoms with Gasteiger partial charge in [0, 0.05) is 4.75 Å². The third kappa shape index (κ3) is 3.32. The number of nitrogens with zero attached hydrogens (tertiary/aromatic N) is 1. The minimum Gasteiger partial charge on any atom is -0.395 e. The highest BCUT2D eigenvalue weighted by atomic mass is 32.2. The average molecular weight is 201 g/mol. The lowest BCUT2D eigenvalue weighted by Gasteiger charge is -2.19. The molecule has 0 radical (unpaired) electrons. The van der Waals surface area contributed by atoms with E-state index in [9.17, 15) is 4.39 Å². The Kier molecular flexibility index (Phi) is 3.27. The smallest absolute Gasteiger partial charge is 0.213 e. The number of pyridine rings is 1. The van der Waals surface area contributed by atoms with Crippen LogP contribution in [0, 0.1) is 5.95 Å². The zero-order valence-corrected chi connectivity index (χ0v) is 8.44. The Hall–Kier alpha value is -0.610. The van der Waals surface area contributed by atoms with Gasteiger partial charge in [-0.15, -0.1) is 0 Å². The highest BCUT2D eigenvalue weighted by molar-refractivity contribution is 8.00. The molecular formula is C9H12FNOS. The van der Waals surface area contributed by atoms with Gasteiger partial charge in [-0.3, -0.25) is 0 Å². The van der Waals surface area contributed by atoms with Gasteiger partial charge in [-0.05, 0) is 26.0 Å². The molecule has 0 aliphatic rings. The van der Waals surface area contributed by atoms with Crippen molar-refractivity contribution in [3.8, 4) is 0 Å². The predicted molar refractivity (Wildman–Crippen MR) is 51.2 cm³/mol. The van der Waals surface area contributed by atoms with Crippen molar-refractivity contribution >= 4 is 11.8 Å². The first kappa shape index (κ1) is 10.5. The van der Waals surface area contributed by atoms with Crippen LogP contribution in [0.2, 0.25) is 0 Å². The van der Waals surface area contributed by atoms with Gasteiger partial charge in [0.25, 0.3) is 0 Å². The molecule has 0 saturated heterocycles. The lowest BCUT2D eigenvalue weighted by Crippen LogP contribution is -2.19. The van der Waals surface area contributed by atoms with Crippen molar-refractivity contribution in [2.45, 2.75) is 23.6 Å². The van der Waals surface area contributed by atoms with E-state index in [2.05, 4.69) is 4.98 Å². The van der Waals surface area contributed by atoms with Crippen LogP contribution in [-0.2, 0) is 0 Å². The quantitative estimate of drug-likeness (QED) is 0.600. The first-order valence-electron chi connectivity index (χ1n) is 3.96. The molecule has 0 saturated carbocycles. The molecule has 1 N–H and O–H groups in total. The molecule has 0 aromatic carbocycles. The summed E-state index contributed by atoms with van der Waals surface area (Å²) in [5, 5.41) is 9.58.